The molecule has 0 radical (unpaired) electrons. The van der Waals surface area contributed by atoms with Crippen molar-refractivity contribution in [3.63, 3.8) is 0 Å². The van der Waals surface area contributed by atoms with Crippen LogP contribution >= 0.6 is 0 Å². The number of nitrogens with one attached hydrogen (secondary N) is 1. The number of nitrogens with two attached hydrogens (primary N) is 1. The standard InChI is InChI=1S/C13H21N3O5/c1-19-7-8-20-5-2-6-21-10-11-3-4-12(15-14)13(9-11)16(17)18/h3-4,9,15H,2,5-8,10,14H2,1H3. The molecule has 1 rings (SSSR count). The smallest absolute Gasteiger partial charge is 0.294 e. The van der Waals surface area contributed by atoms with E-state index in [1.807, 2.05) is 0 Å². The molecule has 0 unspecified atom stereocenters. The lowest BCUT2D eigenvalue weighted by atomic mass is 10.2. The van der Waals surface area contributed by atoms with Gasteiger partial charge in [0.2, 0.25) is 0 Å². The molecule has 8 nitrogen and oxygen atoms in total. The zero-order valence-corrected chi connectivity index (χ0v) is 12.0. The average Bonchev–Trinajstić information content (AvgIpc) is 2.49. The average molecular weight is 299 g/mol. The molecule has 118 valence electrons. The van der Waals surface area contributed by atoms with Crippen LogP contribution in [0.4, 0.5) is 11.4 Å². The van der Waals surface area contributed by atoms with Crippen LogP contribution in [-0.4, -0.2) is 38.5 Å². The molecule has 1 aromatic carbocycles. The number of hydrazine groups is 1. The molecule has 0 saturated carbocycles. The van der Waals surface area contributed by atoms with Gasteiger partial charge in [0.25, 0.3) is 5.69 Å². The van der Waals surface area contributed by atoms with Crippen molar-refractivity contribution < 1.29 is 19.1 Å². The molecule has 21 heavy (non-hydrogen) atoms. The van der Waals surface area contributed by atoms with E-state index in [0.717, 1.165) is 12.0 Å². The minimum absolute atomic E-state index is 0.0681. The molecular formula is C13H21N3O5. The third-order valence-electron chi connectivity index (χ3n) is 2.69. The lowest BCUT2D eigenvalue weighted by Gasteiger charge is -2.07. The van der Waals surface area contributed by atoms with E-state index in [2.05, 4.69) is 5.43 Å². The number of hydrogen-bond donors (Lipinski definition) is 2. The van der Waals surface area contributed by atoms with Crippen LogP contribution in [0.5, 0.6) is 0 Å². The van der Waals surface area contributed by atoms with Crippen LogP contribution in [0.25, 0.3) is 0 Å². The van der Waals surface area contributed by atoms with Gasteiger partial charge in [0, 0.05) is 26.4 Å². The Bertz CT molecular complexity index is 442. The van der Waals surface area contributed by atoms with Crippen molar-refractivity contribution in [3.05, 3.63) is 33.9 Å². The summed E-state index contributed by atoms with van der Waals surface area (Å²) in [7, 11) is 1.62. The summed E-state index contributed by atoms with van der Waals surface area (Å²) in [6.07, 6.45) is 0.758. The van der Waals surface area contributed by atoms with E-state index in [-0.39, 0.29) is 11.4 Å². The molecular weight excluding hydrogens is 278 g/mol. The zero-order chi connectivity index (χ0) is 15.5. The van der Waals surface area contributed by atoms with Crippen molar-refractivity contribution in [2.45, 2.75) is 13.0 Å². The van der Waals surface area contributed by atoms with E-state index in [1.54, 1.807) is 19.2 Å². The molecule has 0 aliphatic heterocycles. The highest BCUT2D eigenvalue weighted by molar-refractivity contribution is 5.61. The summed E-state index contributed by atoms with van der Waals surface area (Å²) in [6.45, 7) is 2.57. The fourth-order valence-electron chi connectivity index (χ4n) is 1.64. The third kappa shape index (κ3) is 6.50. The molecule has 0 saturated heterocycles. The summed E-state index contributed by atoms with van der Waals surface area (Å²) < 4.78 is 15.6. The normalized spacial score (nSPS) is 10.6. The molecule has 0 amide bonds. The number of nitro benzene ring substituents is 1. The summed E-state index contributed by atoms with van der Waals surface area (Å²) in [4.78, 5) is 10.4. The summed E-state index contributed by atoms with van der Waals surface area (Å²) >= 11 is 0. The van der Waals surface area contributed by atoms with Gasteiger partial charge in [-0.1, -0.05) is 6.07 Å². The highest BCUT2D eigenvalue weighted by Gasteiger charge is 2.13. The van der Waals surface area contributed by atoms with Crippen molar-refractivity contribution in [2.24, 2.45) is 5.84 Å². The number of nitrogens with zero attached hydrogens (tertiary/aromatic N) is 1. The molecule has 1 aromatic rings. The second-order valence-electron chi connectivity index (χ2n) is 4.26. The Balaban J connectivity index is 2.29. The Morgan fingerprint density at radius 1 is 1.24 bits per heavy atom. The Kier molecular flexibility index (Phi) is 8.29. The Hall–Kier alpha value is -1.74. The largest absolute Gasteiger partial charge is 0.382 e. The van der Waals surface area contributed by atoms with Gasteiger partial charge in [-0.15, -0.1) is 0 Å². The van der Waals surface area contributed by atoms with E-state index in [9.17, 15) is 10.1 Å². The Morgan fingerprint density at radius 2 is 2.00 bits per heavy atom. The topological polar surface area (TPSA) is 109 Å². The van der Waals surface area contributed by atoms with E-state index in [4.69, 9.17) is 20.1 Å². The van der Waals surface area contributed by atoms with E-state index >= 15 is 0 Å². The third-order valence-corrected chi connectivity index (χ3v) is 2.69. The summed E-state index contributed by atoms with van der Waals surface area (Å²) in [5.74, 6) is 5.22. The fourth-order valence-corrected chi connectivity index (χ4v) is 1.64. The molecule has 0 bridgehead atoms. The second-order valence-corrected chi connectivity index (χ2v) is 4.26. The van der Waals surface area contributed by atoms with Gasteiger partial charge >= 0.3 is 0 Å². The maximum Gasteiger partial charge on any atom is 0.294 e. The molecule has 0 spiro atoms. The summed E-state index contributed by atoms with van der Waals surface area (Å²) in [5.41, 5.74) is 3.22. The van der Waals surface area contributed by atoms with Crippen LogP contribution in [0.3, 0.4) is 0 Å². The SMILES string of the molecule is COCCOCCCOCc1ccc(NN)c([N+](=O)[O-])c1. The van der Waals surface area contributed by atoms with E-state index < -0.39 is 4.92 Å². The molecule has 0 fully saturated rings. The number of hydrogen-bond acceptors (Lipinski definition) is 7. The molecule has 0 heterocycles. The first-order valence-corrected chi connectivity index (χ1v) is 6.57. The summed E-state index contributed by atoms with van der Waals surface area (Å²) in [5, 5.41) is 10.9. The second kappa shape index (κ2) is 10.1. The number of nitrogen functional groups attached to an aromatic ring is 1. The van der Waals surface area contributed by atoms with Crippen LogP contribution < -0.4 is 11.3 Å². The van der Waals surface area contributed by atoms with Crippen LogP contribution in [0.2, 0.25) is 0 Å². The van der Waals surface area contributed by atoms with Crippen LogP contribution in [0.1, 0.15) is 12.0 Å². The zero-order valence-electron chi connectivity index (χ0n) is 12.0. The van der Waals surface area contributed by atoms with Crippen molar-refractivity contribution >= 4 is 11.4 Å². The van der Waals surface area contributed by atoms with Gasteiger partial charge in [-0.05, 0) is 18.1 Å². The number of nitro groups is 1. The van der Waals surface area contributed by atoms with E-state index in [0.29, 0.717) is 33.0 Å². The van der Waals surface area contributed by atoms with Gasteiger partial charge in [-0.3, -0.25) is 16.0 Å². The summed E-state index contributed by atoms with van der Waals surface area (Å²) in [6, 6.07) is 4.74. The van der Waals surface area contributed by atoms with Crippen molar-refractivity contribution in [1.82, 2.24) is 0 Å². The maximum atomic E-state index is 10.9. The number of ether oxygens (including phenoxy) is 3. The van der Waals surface area contributed by atoms with Gasteiger partial charge < -0.3 is 19.6 Å². The predicted molar refractivity (Wildman–Crippen MR) is 77.9 cm³/mol. The first-order valence-electron chi connectivity index (χ1n) is 6.57. The monoisotopic (exact) mass is 299 g/mol. The highest BCUT2D eigenvalue weighted by Crippen LogP contribution is 2.24. The minimum Gasteiger partial charge on any atom is -0.382 e. The van der Waals surface area contributed by atoms with E-state index in [1.165, 1.54) is 6.07 Å². The molecule has 0 aliphatic carbocycles. The number of methoxy groups -OCH3 is 1. The van der Waals surface area contributed by atoms with Gasteiger partial charge in [0.1, 0.15) is 5.69 Å². The highest BCUT2D eigenvalue weighted by atomic mass is 16.6. The van der Waals surface area contributed by atoms with Crippen molar-refractivity contribution in [1.29, 1.82) is 0 Å². The van der Waals surface area contributed by atoms with Crippen molar-refractivity contribution in [2.75, 3.05) is 39.0 Å². The molecule has 8 heteroatoms. The lowest BCUT2D eigenvalue weighted by Crippen LogP contribution is -2.09. The van der Waals surface area contributed by atoms with Gasteiger partial charge in [0.05, 0.1) is 24.7 Å². The fraction of sp³-hybridized carbons (Fsp3) is 0.538. The molecule has 0 atom stereocenters. The Morgan fingerprint density at radius 3 is 2.67 bits per heavy atom. The van der Waals surface area contributed by atoms with Gasteiger partial charge in [-0.25, -0.2) is 0 Å². The Labute approximate surface area is 123 Å². The van der Waals surface area contributed by atoms with Gasteiger partial charge in [-0.2, -0.15) is 0 Å². The predicted octanol–water partition coefficient (Wildman–Crippen LogP) is 1.45. The first-order chi connectivity index (χ1) is 10.2. The number of rotatable bonds is 11. The van der Waals surface area contributed by atoms with Gasteiger partial charge in [0.15, 0.2) is 0 Å². The van der Waals surface area contributed by atoms with Crippen LogP contribution in [-0.2, 0) is 20.8 Å². The quantitative estimate of drug-likeness (QED) is 0.275. The molecule has 0 aromatic heterocycles. The molecule has 0 aliphatic rings. The number of benzene rings is 1. The minimum atomic E-state index is -0.484. The first kappa shape index (κ1) is 17.3. The van der Waals surface area contributed by atoms with Crippen molar-refractivity contribution in [3.8, 4) is 0 Å². The maximum absolute atomic E-state index is 10.9. The van der Waals surface area contributed by atoms with Crippen LogP contribution in [0, 0.1) is 10.1 Å². The van der Waals surface area contributed by atoms with Crippen LogP contribution in [0.15, 0.2) is 18.2 Å². The molecule has 3 N–H and O–H groups in total. The number of anilines is 1. The lowest BCUT2D eigenvalue weighted by molar-refractivity contribution is -0.384.